The number of aliphatic carboxylic acids is 1. The maximum Gasteiger partial charge on any atom is 0.416 e. The van der Waals surface area contributed by atoms with Gasteiger partial charge in [-0.2, -0.15) is 26.3 Å². The van der Waals surface area contributed by atoms with E-state index in [1.165, 1.54) is 24.3 Å². The fourth-order valence-corrected chi connectivity index (χ4v) is 5.40. The van der Waals surface area contributed by atoms with Crippen LogP contribution in [0.2, 0.25) is 0 Å². The number of alkyl halides is 6. The zero-order chi connectivity index (χ0) is 35.9. The lowest BCUT2D eigenvalue weighted by Gasteiger charge is -2.19. The minimum atomic E-state index is -4.97. The number of carbonyl (C=O) groups excluding carboxylic acids is 3. The Bertz CT molecular complexity index is 1830. The first-order valence-corrected chi connectivity index (χ1v) is 15.1. The number of hydrogen-bond acceptors (Lipinski definition) is 5. The lowest BCUT2D eigenvalue weighted by Crippen LogP contribution is -2.15. The quantitative estimate of drug-likeness (QED) is 0.158. The van der Waals surface area contributed by atoms with Gasteiger partial charge in [0.15, 0.2) is 11.6 Å². The minimum absolute atomic E-state index is 0.0339. The third kappa shape index (κ3) is 9.88. The number of ether oxygens (including phenoxy) is 1. The van der Waals surface area contributed by atoms with Crippen molar-refractivity contribution >= 4 is 41.7 Å². The van der Waals surface area contributed by atoms with Gasteiger partial charge in [0.1, 0.15) is 0 Å². The predicted octanol–water partition coefficient (Wildman–Crippen LogP) is 8.82. The number of rotatable bonds is 6. The predicted molar refractivity (Wildman–Crippen MR) is 170 cm³/mol. The van der Waals surface area contributed by atoms with E-state index in [1.807, 2.05) is 18.2 Å². The highest BCUT2D eigenvalue weighted by molar-refractivity contribution is 6.13. The molecule has 0 saturated heterocycles. The third-order valence-electron chi connectivity index (χ3n) is 7.68. The summed E-state index contributed by atoms with van der Waals surface area (Å²) in [6.45, 7) is 2.15. The van der Waals surface area contributed by atoms with Crippen LogP contribution in [0.1, 0.15) is 85.8 Å². The van der Waals surface area contributed by atoms with Gasteiger partial charge in [-0.05, 0) is 96.9 Å². The Hall–Kier alpha value is -5.26. The molecule has 0 bridgehead atoms. The van der Waals surface area contributed by atoms with Crippen molar-refractivity contribution in [2.45, 2.75) is 51.4 Å². The molecule has 0 unspecified atom stereocenters. The number of hydrogen-bond donors (Lipinski definition) is 1. The molecule has 0 saturated carbocycles. The van der Waals surface area contributed by atoms with Gasteiger partial charge >= 0.3 is 24.3 Å². The summed E-state index contributed by atoms with van der Waals surface area (Å²) in [6.07, 6.45) is -0.550. The fourth-order valence-electron chi connectivity index (χ4n) is 5.40. The molecular weight excluding hydrogens is 654 g/mol. The van der Waals surface area contributed by atoms with Crippen LogP contribution in [-0.2, 0) is 39.5 Å². The van der Waals surface area contributed by atoms with Crippen LogP contribution in [0.5, 0.6) is 0 Å². The number of halogens is 6. The van der Waals surface area contributed by atoms with Crippen molar-refractivity contribution < 1.29 is 55.4 Å². The summed E-state index contributed by atoms with van der Waals surface area (Å²) in [6, 6.07) is 11.4. The van der Waals surface area contributed by atoms with Crippen LogP contribution in [-0.4, -0.2) is 35.2 Å². The molecular formula is C37H30F6O6. The number of aryl methyl sites for hydroxylation is 2. The molecule has 256 valence electrons. The third-order valence-corrected chi connectivity index (χ3v) is 7.68. The van der Waals surface area contributed by atoms with Gasteiger partial charge < -0.3 is 9.84 Å². The average molecular weight is 685 g/mol. The second-order valence-corrected chi connectivity index (χ2v) is 11.2. The van der Waals surface area contributed by atoms with E-state index in [0.717, 1.165) is 41.7 Å². The Labute approximate surface area is 277 Å². The normalized spacial score (nSPS) is 15.5. The van der Waals surface area contributed by atoms with E-state index in [9.17, 15) is 45.5 Å². The number of fused-ring (bicyclic) bond motifs is 2. The van der Waals surface area contributed by atoms with Gasteiger partial charge in [0.2, 0.25) is 0 Å². The molecule has 6 nitrogen and oxygen atoms in total. The summed E-state index contributed by atoms with van der Waals surface area (Å²) in [5.74, 6) is -1.76. The van der Waals surface area contributed by atoms with Gasteiger partial charge in [-0.25, -0.2) is 9.59 Å². The molecule has 2 aliphatic carbocycles. The molecule has 0 fully saturated rings. The maximum absolute atomic E-state index is 13.0. The summed E-state index contributed by atoms with van der Waals surface area (Å²) in [4.78, 5) is 46.2. The molecule has 12 heteroatoms. The second-order valence-electron chi connectivity index (χ2n) is 11.2. The molecule has 3 aromatic rings. The Morgan fingerprint density at radius 1 is 0.735 bits per heavy atom. The van der Waals surface area contributed by atoms with Crippen LogP contribution in [0.25, 0.3) is 18.2 Å². The van der Waals surface area contributed by atoms with Crippen molar-refractivity contribution in [1.29, 1.82) is 0 Å². The fraction of sp³-hybridized carbons (Fsp3) is 0.243. The van der Waals surface area contributed by atoms with Gasteiger partial charge in [0, 0.05) is 35.3 Å². The summed E-state index contributed by atoms with van der Waals surface area (Å²) in [7, 11) is 0. The van der Waals surface area contributed by atoms with E-state index in [2.05, 4.69) is 0 Å². The molecule has 3 aromatic carbocycles. The van der Waals surface area contributed by atoms with E-state index >= 15 is 0 Å². The first-order valence-electron chi connectivity index (χ1n) is 15.1. The summed E-state index contributed by atoms with van der Waals surface area (Å²) >= 11 is 0. The number of carboxylic acid groups (broad SMARTS) is 1. The zero-order valence-electron chi connectivity index (χ0n) is 26.1. The average Bonchev–Trinajstić information content (AvgIpc) is 3.04. The van der Waals surface area contributed by atoms with Crippen molar-refractivity contribution in [2.75, 3.05) is 6.61 Å². The molecule has 49 heavy (non-hydrogen) atoms. The van der Waals surface area contributed by atoms with Crippen LogP contribution in [0, 0.1) is 0 Å². The number of Topliss-reactive ketones (excluding diaryl/α,β-unsaturated/α-hetero) is 2. The first-order chi connectivity index (χ1) is 23.0. The van der Waals surface area contributed by atoms with Crippen LogP contribution >= 0.6 is 0 Å². The van der Waals surface area contributed by atoms with Crippen LogP contribution in [0.3, 0.4) is 0 Å². The molecule has 0 amide bonds. The Kier molecular flexibility index (Phi) is 11.4. The monoisotopic (exact) mass is 684 g/mol. The van der Waals surface area contributed by atoms with Crippen LogP contribution in [0.15, 0.2) is 72.3 Å². The summed E-state index contributed by atoms with van der Waals surface area (Å²) in [5.41, 5.74) is 1.10. The lowest BCUT2D eigenvalue weighted by atomic mass is 9.85. The van der Waals surface area contributed by atoms with E-state index in [0.29, 0.717) is 42.7 Å². The van der Waals surface area contributed by atoms with Gasteiger partial charge in [-0.15, -0.1) is 0 Å². The highest BCUT2D eigenvalue weighted by atomic mass is 19.4. The zero-order valence-corrected chi connectivity index (χ0v) is 26.1. The Morgan fingerprint density at radius 2 is 1.31 bits per heavy atom. The summed E-state index contributed by atoms with van der Waals surface area (Å²) < 4.78 is 83.1. The van der Waals surface area contributed by atoms with Crippen molar-refractivity contribution in [2.24, 2.45) is 0 Å². The highest BCUT2D eigenvalue weighted by Crippen LogP contribution is 2.37. The van der Waals surface area contributed by atoms with E-state index in [1.54, 1.807) is 19.1 Å². The van der Waals surface area contributed by atoms with Crippen molar-refractivity contribution in [1.82, 2.24) is 0 Å². The second kappa shape index (κ2) is 15.3. The first kappa shape index (κ1) is 36.6. The minimum Gasteiger partial charge on any atom is -0.478 e. The van der Waals surface area contributed by atoms with Crippen molar-refractivity contribution in [3.05, 3.63) is 122 Å². The molecule has 0 radical (unpaired) electrons. The van der Waals surface area contributed by atoms with Crippen molar-refractivity contribution in [3.8, 4) is 0 Å². The van der Waals surface area contributed by atoms with Gasteiger partial charge in [-0.3, -0.25) is 9.59 Å². The maximum atomic E-state index is 13.0. The standard InChI is InChI=1S/C22H14F6O3.C15H16O3/c23-21(24,25)16-9-13(10-17(11-16)22(26,27)28)8-15-4-3-14-7-12(2-6-19(29)30)1-5-18(14)20(15)31;1-2-18-15(17)9-7-11-6-8-13-12(10-11)4-3-5-14(13)16/h1-2,5-11H,3-4H2,(H,29,30);6-10H,2-5H2,1H3/b6-2+,15-8+;9-7+. The topological polar surface area (TPSA) is 97.7 Å². The smallest absolute Gasteiger partial charge is 0.416 e. The van der Waals surface area contributed by atoms with Crippen LogP contribution < -0.4 is 0 Å². The number of benzene rings is 3. The van der Waals surface area contributed by atoms with Gasteiger partial charge in [0.05, 0.1) is 17.7 Å². The van der Waals surface area contributed by atoms with Crippen molar-refractivity contribution in [3.63, 3.8) is 0 Å². The van der Waals surface area contributed by atoms with E-state index < -0.39 is 35.2 Å². The number of allylic oxidation sites excluding steroid dienone is 1. The Balaban J connectivity index is 0.000000254. The molecule has 5 rings (SSSR count). The van der Waals surface area contributed by atoms with Gasteiger partial charge in [0.25, 0.3) is 0 Å². The van der Waals surface area contributed by atoms with E-state index in [-0.39, 0.29) is 40.9 Å². The van der Waals surface area contributed by atoms with E-state index in [4.69, 9.17) is 9.84 Å². The molecule has 0 aliphatic heterocycles. The number of esters is 1. The highest BCUT2D eigenvalue weighted by Gasteiger charge is 2.37. The lowest BCUT2D eigenvalue weighted by molar-refractivity contribution is -0.143. The summed E-state index contributed by atoms with van der Waals surface area (Å²) in [5, 5.41) is 8.68. The van der Waals surface area contributed by atoms with Crippen LogP contribution in [0.4, 0.5) is 26.3 Å². The van der Waals surface area contributed by atoms with Gasteiger partial charge in [-0.1, -0.05) is 36.4 Å². The molecule has 0 heterocycles. The number of carbonyl (C=O) groups is 4. The SMILES string of the molecule is CCOC(=O)/C=C/c1ccc2c(c1)CCCC2=O.O=C(O)/C=C/c1ccc2c(c1)CC/C(=C\c1cc(C(F)(F)F)cc(C(F)(F)F)c1)C2=O. The Morgan fingerprint density at radius 3 is 1.88 bits per heavy atom. The molecule has 0 atom stereocenters. The molecule has 0 aromatic heterocycles. The number of carboxylic acids is 1. The molecule has 2 aliphatic rings. The molecule has 0 spiro atoms. The number of ketones is 2. The molecule has 1 N–H and O–H groups in total. The largest absolute Gasteiger partial charge is 0.478 e.